The van der Waals surface area contributed by atoms with Crippen LogP contribution in [-0.4, -0.2) is 56.2 Å². The first-order valence-electron chi connectivity index (χ1n) is 16.3. The largest absolute Gasteiger partial charge is 0.393 e. The molecule has 0 amide bonds. The van der Waals surface area contributed by atoms with Gasteiger partial charge in [0.1, 0.15) is 12.2 Å². The number of thioether (sulfide) groups is 1. The van der Waals surface area contributed by atoms with Gasteiger partial charge < -0.3 is 24.1 Å². The summed E-state index contributed by atoms with van der Waals surface area (Å²) in [7, 11) is -0.0691. The smallest absolute Gasteiger partial charge is 0.113 e. The Morgan fingerprint density at radius 3 is 1.57 bits per heavy atom. The number of hydrogen-bond donors (Lipinski definition) is 1. The highest BCUT2D eigenvalue weighted by Gasteiger charge is 2.50. The number of rotatable bonds is 16. The minimum absolute atomic E-state index is 0.181. The van der Waals surface area contributed by atoms with Crippen molar-refractivity contribution in [2.75, 3.05) is 12.5 Å². The van der Waals surface area contributed by atoms with Crippen LogP contribution in [0.5, 0.6) is 0 Å². The van der Waals surface area contributed by atoms with Crippen molar-refractivity contribution in [2.24, 2.45) is 5.92 Å². The summed E-state index contributed by atoms with van der Waals surface area (Å²) in [6, 6.07) is 41.9. The topological polar surface area (TPSA) is 57.2 Å². The number of methoxy groups -OCH3 is 1. The van der Waals surface area contributed by atoms with Crippen molar-refractivity contribution in [3.63, 3.8) is 0 Å². The summed E-state index contributed by atoms with van der Waals surface area (Å²) < 4.78 is 26.4. The Morgan fingerprint density at radius 2 is 1.09 bits per heavy atom. The van der Waals surface area contributed by atoms with Gasteiger partial charge in [0.25, 0.3) is 0 Å². The average molecular weight is 657 g/mol. The van der Waals surface area contributed by atoms with Gasteiger partial charge in [-0.3, -0.25) is 0 Å². The Hall–Kier alpha value is -2.75. The second-order valence-electron chi connectivity index (χ2n) is 13.0. The van der Waals surface area contributed by atoms with Crippen LogP contribution in [0.4, 0.5) is 0 Å². The summed E-state index contributed by atoms with van der Waals surface area (Å²) in [6.07, 6.45) is -1.42. The average Bonchev–Trinajstić information content (AvgIpc) is 3.09. The summed E-state index contributed by atoms with van der Waals surface area (Å²) in [5, 5.41) is 13.1. The number of benzene rings is 4. The third kappa shape index (κ3) is 10.1. The molecule has 4 aromatic rings. The molecule has 6 unspecified atom stereocenters. The zero-order valence-electron chi connectivity index (χ0n) is 27.2. The van der Waals surface area contributed by atoms with Gasteiger partial charge >= 0.3 is 0 Å². The molecular weight excluding hydrogens is 609 g/mol. The van der Waals surface area contributed by atoms with Gasteiger partial charge in [0.05, 0.1) is 46.2 Å². The van der Waals surface area contributed by atoms with E-state index in [9.17, 15) is 5.11 Å². The van der Waals surface area contributed by atoms with Crippen molar-refractivity contribution in [3.05, 3.63) is 138 Å². The van der Waals surface area contributed by atoms with Crippen LogP contribution in [0.15, 0.2) is 126 Å². The number of ether oxygens (including phenoxy) is 4. The van der Waals surface area contributed by atoms with Crippen LogP contribution in [-0.2, 0) is 38.8 Å². The molecule has 0 aromatic heterocycles. The lowest BCUT2D eigenvalue weighted by atomic mass is 9.77. The summed E-state index contributed by atoms with van der Waals surface area (Å²) in [5.41, 5.74) is 3.25. The predicted molar refractivity (Wildman–Crippen MR) is 189 cm³/mol. The quantitative estimate of drug-likeness (QED) is 0.0970. The molecule has 6 atom stereocenters. The molecule has 0 heterocycles. The SMILES string of the molecule is COC1CC(C(O)C[Si](C)(C)CSc2ccccc2)C(OCc2ccccc2)C(OCc2ccccc2)C1OCc1ccccc1. The van der Waals surface area contributed by atoms with E-state index in [2.05, 4.69) is 73.8 Å². The first-order chi connectivity index (χ1) is 22.4. The molecule has 0 radical (unpaired) electrons. The number of hydrogen-bond acceptors (Lipinski definition) is 6. The zero-order chi connectivity index (χ0) is 32.2. The molecule has 0 bridgehead atoms. The van der Waals surface area contributed by atoms with Gasteiger partial charge in [-0.1, -0.05) is 122 Å². The molecule has 1 fully saturated rings. The Kier molecular flexibility index (Phi) is 13.1. The third-order valence-electron chi connectivity index (χ3n) is 8.73. The van der Waals surface area contributed by atoms with Crippen LogP contribution >= 0.6 is 11.8 Å². The Morgan fingerprint density at radius 1 is 0.652 bits per heavy atom. The highest BCUT2D eigenvalue weighted by atomic mass is 32.2. The third-order valence-corrected chi connectivity index (χ3v) is 14.6. The molecule has 0 saturated heterocycles. The van der Waals surface area contributed by atoms with E-state index < -0.39 is 26.4 Å². The molecule has 244 valence electrons. The standard InChI is InChI=1S/C39H48O5SSi/c1-41-36-24-34(35(40)28-46(2,3)29-45-33-22-14-7-15-23-33)37(42-25-30-16-8-4-9-17-30)39(44-27-32-20-12-6-13-21-32)38(36)43-26-31-18-10-5-11-19-31/h4-23,34-40H,24-29H2,1-3H3. The molecule has 0 spiro atoms. The van der Waals surface area contributed by atoms with Crippen molar-refractivity contribution < 1.29 is 24.1 Å². The molecule has 0 aliphatic heterocycles. The molecule has 5 rings (SSSR count). The van der Waals surface area contributed by atoms with Crippen LogP contribution in [0, 0.1) is 5.92 Å². The lowest BCUT2D eigenvalue weighted by Gasteiger charge is -2.48. The van der Waals surface area contributed by atoms with Crippen LogP contribution < -0.4 is 0 Å². The van der Waals surface area contributed by atoms with Gasteiger partial charge in [-0.25, -0.2) is 0 Å². The maximum absolute atomic E-state index is 12.1. The monoisotopic (exact) mass is 656 g/mol. The van der Waals surface area contributed by atoms with E-state index in [-0.39, 0.29) is 18.1 Å². The van der Waals surface area contributed by atoms with Gasteiger partial charge in [-0.05, 0) is 46.7 Å². The lowest BCUT2D eigenvalue weighted by molar-refractivity contribution is -0.233. The van der Waals surface area contributed by atoms with Crippen LogP contribution in [0.25, 0.3) is 0 Å². The fourth-order valence-corrected chi connectivity index (χ4v) is 10.8. The van der Waals surface area contributed by atoms with E-state index in [4.69, 9.17) is 18.9 Å². The van der Waals surface area contributed by atoms with E-state index in [1.54, 1.807) is 7.11 Å². The van der Waals surface area contributed by atoms with Crippen molar-refractivity contribution in [3.8, 4) is 0 Å². The van der Waals surface area contributed by atoms with Gasteiger partial charge in [-0.2, -0.15) is 0 Å². The summed E-state index contributed by atoms with van der Waals surface area (Å²) >= 11 is 1.89. The molecule has 1 aliphatic rings. The van der Waals surface area contributed by atoms with Gasteiger partial charge in [0.15, 0.2) is 0 Å². The van der Waals surface area contributed by atoms with Crippen LogP contribution in [0.1, 0.15) is 23.1 Å². The van der Waals surface area contributed by atoms with Crippen molar-refractivity contribution >= 4 is 19.8 Å². The predicted octanol–water partition coefficient (Wildman–Crippen LogP) is 8.18. The molecular formula is C39H48O5SSi. The van der Waals surface area contributed by atoms with Crippen molar-refractivity contribution in [2.45, 2.75) is 80.8 Å². The maximum Gasteiger partial charge on any atom is 0.113 e. The Balaban J connectivity index is 1.41. The van der Waals surface area contributed by atoms with Gasteiger partial charge in [-0.15, -0.1) is 11.8 Å². The van der Waals surface area contributed by atoms with E-state index in [1.807, 2.05) is 72.4 Å². The van der Waals surface area contributed by atoms with Crippen LogP contribution in [0.2, 0.25) is 19.1 Å². The molecule has 7 heteroatoms. The van der Waals surface area contributed by atoms with E-state index in [0.717, 1.165) is 28.1 Å². The Bertz CT molecular complexity index is 1410. The fourth-order valence-electron chi connectivity index (χ4n) is 6.27. The normalized spacial score (nSPS) is 22.4. The van der Waals surface area contributed by atoms with Crippen molar-refractivity contribution in [1.29, 1.82) is 0 Å². The fraction of sp³-hybridized carbons (Fsp3) is 0.385. The molecule has 46 heavy (non-hydrogen) atoms. The maximum atomic E-state index is 12.1. The summed E-state index contributed by atoms with van der Waals surface area (Å²) in [5.74, 6) is -0.181. The van der Waals surface area contributed by atoms with Crippen LogP contribution in [0.3, 0.4) is 0 Å². The van der Waals surface area contributed by atoms with E-state index >= 15 is 0 Å². The molecule has 1 aliphatic carbocycles. The number of aliphatic hydroxyl groups excluding tert-OH is 1. The second kappa shape index (κ2) is 17.4. The minimum Gasteiger partial charge on any atom is -0.393 e. The van der Waals surface area contributed by atoms with E-state index in [1.165, 1.54) is 4.90 Å². The summed E-state index contributed by atoms with van der Waals surface area (Å²) in [6.45, 7) is 6.02. The first kappa shape index (κ1) is 34.6. The highest BCUT2D eigenvalue weighted by Crippen LogP contribution is 2.39. The highest BCUT2D eigenvalue weighted by molar-refractivity contribution is 8.01. The molecule has 4 aromatic carbocycles. The second-order valence-corrected chi connectivity index (χ2v) is 19.6. The summed E-state index contributed by atoms with van der Waals surface area (Å²) in [4.78, 5) is 1.27. The van der Waals surface area contributed by atoms with Gasteiger partial charge in [0.2, 0.25) is 0 Å². The number of aliphatic hydroxyl groups is 1. The first-order valence-corrected chi connectivity index (χ1v) is 20.7. The molecule has 1 N–H and O–H groups in total. The van der Waals surface area contributed by atoms with E-state index in [0.29, 0.717) is 26.2 Å². The molecule has 5 nitrogen and oxygen atoms in total. The van der Waals surface area contributed by atoms with Gasteiger partial charge in [0, 0.05) is 17.9 Å². The zero-order valence-corrected chi connectivity index (χ0v) is 29.1. The lowest BCUT2D eigenvalue weighted by Crippen LogP contribution is -2.60. The Labute approximate surface area is 280 Å². The molecule has 1 saturated carbocycles. The van der Waals surface area contributed by atoms with Crippen molar-refractivity contribution in [1.82, 2.24) is 0 Å². The minimum atomic E-state index is -1.81.